The van der Waals surface area contributed by atoms with Gasteiger partial charge in [0.1, 0.15) is 6.20 Å². The fourth-order valence-corrected chi connectivity index (χ4v) is 1.94. The molecule has 2 aromatic rings. The van der Waals surface area contributed by atoms with Crippen LogP contribution in [0.1, 0.15) is 13.8 Å². The number of aromatic nitrogens is 1. The summed E-state index contributed by atoms with van der Waals surface area (Å²) in [4.78, 5) is 37.0. The van der Waals surface area contributed by atoms with E-state index in [4.69, 9.17) is 4.74 Å². The van der Waals surface area contributed by atoms with E-state index >= 15 is 0 Å². The molecule has 1 unspecified atom stereocenters. The van der Waals surface area contributed by atoms with Crippen LogP contribution in [0.3, 0.4) is 0 Å². The van der Waals surface area contributed by atoms with Crippen LogP contribution in [0.2, 0.25) is 0 Å². The fraction of sp³-hybridized carbons (Fsp3) is 0.188. The molecule has 1 aromatic heterocycles. The Morgan fingerprint density at radius 2 is 1.76 bits per heavy atom. The van der Waals surface area contributed by atoms with E-state index in [9.17, 15) is 19.7 Å². The molecule has 9 heteroatoms. The van der Waals surface area contributed by atoms with Crippen LogP contribution in [0.4, 0.5) is 17.2 Å². The zero-order chi connectivity index (χ0) is 18.4. The number of carbonyl (C=O) groups excluding carboxylic acids is 2. The molecule has 25 heavy (non-hydrogen) atoms. The summed E-state index contributed by atoms with van der Waals surface area (Å²) in [5.74, 6) is -1.22. The molecule has 0 spiro atoms. The number of rotatable bonds is 6. The first kappa shape index (κ1) is 17.9. The number of nitro groups is 1. The summed E-state index contributed by atoms with van der Waals surface area (Å²) in [5, 5.41) is 16.1. The Labute approximate surface area is 143 Å². The number of ether oxygens (including phenoxy) is 1. The van der Waals surface area contributed by atoms with E-state index in [-0.39, 0.29) is 11.7 Å². The monoisotopic (exact) mass is 344 g/mol. The van der Waals surface area contributed by atoms with Gasteiger partial charge in [-0.25, -0.2) is 0 Å². The number of benzene rings is 1. The number of hydrogen-bond acceptors (Lipinski definition) is 6. The molecule has 0 radical (unpaired) electrons. The maximum atomic E-state index is 12.2. The van der Waals surface area contributed by atoms with Gasteiger partial charge in [-0.1, -0.05) is 0 Å². The average molecular weight is 344 g/mol. The van der Waals surface area contributed by atoms with Crippen molar-refractivity contribution in [1.29, 1.82) is 0 Å². The molecule has 0 aliphatic rings. The highest BCUT2D eigenvalue weighted by atomic mass is 16.6. The second-order valence-electron chi connectivity index (χ2n) is 5.09. The number of pyridine rings is 1. The number of carbonyl (C=O) groups is 2. The molecule has 0 saturated heterocycles. The standard InChI is InChI=1S/C16H16N4O5/c1-10(25-14-4-3-9-17-15(14)20(23)24)16(22)19-13-7-5-12(6-8-13)18-11(2)21/h3-10H,1-2H3,(H,18,21)(H,19,22). The maximum Gasteiger partial charge on any atom is 0.406 e. The van der Waals surface area contributed by atoms with Crippen molar-refractivity contribution in [1.82, 2.24) is 4.98 Å². The summed E-state index contributed by atoms with van der Waals surface area (Å²) in [7, 11) is 0. The first-order chi connectivity index (χ1) is 11.9. The molecule has 0 aliphatic carbocycles. The van der Waals surface area contributed by atoms with E-state index in [0.29, 0.717) is 11.4 Å². The van der Waals surface area contributed by atoms with Gasteiger partial charge < -0.3 is 25.5 Å². The molecule has 0 saturated carbocycles. The summed E-state index contributed by atoms with van der Waals surface area (Å²) >= 11 is 0. The van der Waals surface area contributed by atoms with Gasteiger partial charge in [-0.2, -0.15) is 0 Å². The lowest BCUT2D eigenvalue weighted by atomic mass is 10.2. The molecule has 2 N–H and O–H groups in total. The van der Waals surface area contributed by atoms with Gasteiger partial charge in [0.25, 0.3) is 5.91 Å². The maximum absolute atomic E-state index is 12.2. The summed E-state index contributed by atoms with van der Waals surface area (Å²) in [6.45, 7) is 2.87. The normalized spacial score (nSPS) is 11.3. The molecule has 1 heterocycles. The Kier molecular flexibility index (Phi) is 5.62. The van der Waals surface area contributed by atoms with Crippen LogP contribution in [-0.2, 0) is 9.59 Å². The Bertz CT molecular complexity index is 791. The number of hydrogen-bond donors (Lipinski definition) is 2. The van der Waals surface area contributed by atoms with Crippen LogP contribution in [0.5, 0.6) is 5.75 Å². The van der Waals surface area contributed by atoms with Crippen molar-refractivity contribution in [3.63, 3.8) is 0 Å². The average Bonchev–Trinajstić information content (AvgIpc) is 2.56. The summed E-state index contributed by atoms with van der Waals surface area (Å²) in [6, 6.07) is 9.35. The minimum Gasteiger partial charge on any atom is -0.473 e. The summed E-state index contributed by atoms with van der Waals surface area (Å²) in [5.41, 5.74) is 1.09. The quantitative estimate of drug-likeness (QED) is 0.612. The lowest BCUT2D eigenvalue weighted by molar-refractivity contribution is -0.390. The number of nitrogens with one attached hydrogen (secondary N) is 2. The van der Waals surface area contributed by atoms with E-state index < -0.39 is 22.8 Å². The molecule has 1 aromatic carbocycles. The molecular formula is C16H16N4O5. The van der Waals surface area contributed by atoms with Crippen molar-refractivity contribution >= 4 is 29.0 Å². The van der Waals surface area contributed by atoms with Gasteiger partial charge in [0.2, 0.25) is 11.7 Å². The lowest BCUT2D eigenvalue weighted by Crippen LogP contribution is -2.30. The van der Waals surface area contributed by atoms with E-state index in [1.54, 1.807) is 24.3 Å². The van der Waals surface area contributed by atoms with Crippen LogP contribution in [-0.4, -0.2) is 27.8 Å². The first-order valence-electron chi connectivity index (χ1n) is 7.31. The topological polar surface area (TPSA) is 123 Å². The number of amides is 2. The van der Waals surface area contributed by atoms with Crippen molar-refractivity contribution in [2.75, 3.05) is 10.6 Å². The highest BCUT2D eigenvalue weighted by Gasteiger charge is 2.21. The van der Waals surface area contributed by atoms with Crippen LogP contribution in [0.25, 0.3) is 0 Å². The number of nitrogens with zero attached hydrogens (tertiary/aromatic N) is 2. The van der Waals surface area contributed by atoms with Gasteiger partial charge in [0, 0.05) is 18.3 Å². The molecule has 1 atom stereocenters. The minimum atomic E-state index is -0.974. The van der Waals surface area contributed by atoms with Crippen molar-refractivity contribution in [3.05, 3.63) is 52.7 Å². The molecular weight excluding hydrogens is 328 g/mol. The summed E-state index contributed by atoms with van der Waals surface area (Å²) < 4.78 is 5.34. The second-order valence-corrected chi connectivity index (χ2v) is 5.09. The van der Waals surface area contributed by atoms with Crippen LogP contribution in [0, 0.1) is 10.1 Å². The van der Waals surface area contributed by atoms with Crippen molar-refractivity contribution < 1.29 is 19.2 Å². The van der Waals surface area contributed by atoms with Crippen molar-refractivity contribution in [2.45, 2.75) is 20.0 Å². The van der Waals surface area contributed by atoms with Crippen LogP contribution >= 0.6 is 0 Å². The largest absolute Gasteiger partial charge is 0.473 e. The minimum absolute atomic E-state index is 0.0869. The molecule has 2 rings (SSSR count). The highest BCUT2D eigenvalue weighted by Crippen LogP contribution is 2.24. The van der Waals surface area contributed by atoms with Gasteiger partial charge in [-0.05, 0) is 53.2 Å². The molecule has 0 aliphatic heterocycles. The molecule has 0 bridgehead atoms. The fourth-order valence-electron chi connectivity index (χ4n) is 1.94. The zero-order valence-electron chi connectivity index (χ0n) is 13.6. The summed E-state index contributed by atoms with van der Waals surface area (Å²) in [6.07, 6.45) is 0.296. The third-order valence-electron chi connectivity index (χ3n) is 3.07. The van der Waals surface area contributed by atoms with E-state index in [0.717, 1.165) is 0 Å². The van der Waals surface area contributed by atoms with Gasteiger partial charge in [0.05, 0.1) is 0 Å². The van der Waals surface area contributed by atoms with Gasteiger partial charge >= 0.3 is 5.82 Å². The Hall–Kier alpha value is -3.49. The van der Waals surface area contributed by atoms with Crippen molar-refractivity contribution in [3.8, 4) is 5.75 Å². The SMILES string of the molecule is CC(=O)Nc1ccc(NC(=O)C(C)Oc2cccnc2[N+](=O)[O-])cc1. The Balaban J connectivity index is 2.01. The van der Waals surface area contributed by atoms with Gasteiger partial charge in [-0.3, -0.25) is 9.59 Å². The predicted molar refractivity (Wildman–Crippen MR) is 90.4 cm³/mol. The van der Waals surface area contributed by atoms with E-state index in [2.05, 4.69) is 15.6 Å². The van der Waals surface area contributed by atoms with Crippen LogP contribution in [0.15, 0.2) is 42.6 Å². The van der Waals surface area contributed by atoms with Gasteiger partial charge in [-0.15, -0.1) is 0 Å². The first-order valence-corrected chi connectivity index (χ1v) is 7.31. The van der Waals surface area contributed by atoms with Crippen molar-refractivity contribution in [2.24, 2.45) is 0 Å². The predicted octanol–water partition coefficient (Wildman–Crippen LogP) is 2.35. The molecule has 130 valence electrons. The van der Waals surface area contributed by atoms with E-state index in [1.165, 1.54) is 32.2 Å². The number of anilines is 2. The van der Waals surface area contributed by atoms with E-state index in [1.807, 2.05) is 0 Å². The smallest absolute Gasteiger partial charge is 0.406 e. The highest BCUT2D eigenvalue weighted by molar-refractivity contribution is 5.94. The second kappa shape index (κ2) is 7.86. The molecule has 0 fully saturated rings. The third kappa shape index (κ3) is 4.99. The Morgan fingerprint density at radius 1 is 1.16 bits per heavy atom. The Morgan fingerprint density at radius 3 is 2.32 bits per heavy atom. The lowest BCUT2D eigenvalue weighted by Gasteiger charge is -2.14. The molecule has 2 amide bonds. The van der Waals surface area contributed by atoms with Crippen LogP contribution < -0.4 is 15.4 Å². The molecule has 9 nitrogen and oxygen atoms in total. The third-order valence-corrected chi connectivity index (χ3v) is 3.07. The zero-order valence-corrected chi connectivity index (χ0v) is 13.6. The van der Waals surface area contributed by atoms with Gasteiger partial charge in [0.15, 0.2) is 6.10 Å².